The number of carbonyl (C=O) groups excluding carboxylic acids is 1. The second-order valence-electron chi connectivity index (χ2n) is 5.83. The van der Waals surface area contributed by atoms with Crippen LogP contribution < -0.4 is 0 Å². The molecular formula is C19H13N3O3S. The Morgan fingerprint density at radius 2 is 1.77 bits per heavy atom. The summed E-state index contributed by atoms with van der Waals surface area (Å²) in [5, 5.41) is 13.3. The lowest BCUT2D eigenvalue weighted by molar-refractivity contribution is -0.384. The first kappa shape index (κ1) is 16.3. The van der Waals surface area contributed by atoms with Gasteiger partial charge in [-0.1, -0.05) is 36.4 Å². The van der Waals surface area contributed by atoms with Gasteiger partial charge >= 0.3 is 0 Å². The van der Waals surface area contributed by atoms with Crippen LogP contribution in [0.1, 0.15) is 5.56 Å². The van der Waals surface area contributed by atoms with Crippen LogP contribution in [-0.4, -0.2) is 20.0 Å². The van der Waals surface area contributed by atoms with E-state index >= 15 is 0 Å². The van der Waals surface area contributed by atoms with Crippen molar-refractivity contribution in [3.63, 3.8) is 0 Å². The summed E-state index contributed by atoms with van der Waals surface area (Å²) in [4.78, 5) is 30.1. The van der Waals surface area contributed by atoms with Gasteiger partial charge in [0.05, 0.1) is 16.0 Å². The van der Waals surface area contributed by atoms with Gasteiger partial charge in [0.2, 0.25) is 5.12 Å². The van der Waals surface area contributed by atoms with Crippen molar-refractivity contribution in [3.05, 3.63) is 76.3 Å². The fraction of sp³-hybridized carbons (Fsp3) is 0.0526. The van der Waals surface area contributed by atoms with Crippen LogP contribution >= 0.6 is 11.8 Å². The molecule has 6 nitrogen and oxygen atoms in total. The molecule has 3 aromatic carbocycles. The van der Waals surface area contributed by atoms with Gasteiger partial charge in [-0.25, -0.2) is 4.98 Å². The number of nitrogens with zero attached hydrogens (tertiary/aromatic N) is 2. The third-order valence-electron chi connectivity index (χ3n) is 4.03. The topological polar surface area (TPSA) is 88.9 Å². The molecule has 0 bridgehead atoms. The van der Waals surface area contributed by atoms with Crippen molar-refractivity contribution >= 4 is 44.4 Å². The molecule has 0 saturated heterocycles. The summed E-state index contributed by atoms with van der Waals surface area (Å²) in [6.07, 6.45) is 0.182. The molecule has 0 aliphatic carbocycles. The Hall–Kier alpha value is -3.19. The minimum Gasteiger partial charge on any atom is -0.333 e. The molecule has 0 aliphatic heterocycles. The average molecular weight is 363 g/mol. The number of nitro groups is 1. The number of aromatic nitrogens is 2. The van der Waals surface area contributed by atoms with Crippen molar-refractivity contribution in [1.29, 1.82) is 0 Å². The Balaban J connectivity index is 1.51. The molecule has 26 heavy (non-hydrogen) atoms. The number of hydrogen-bond acceptors (Lipinski definition) is 5. The number of H-pyrrole nitrogens is 1. The first-order valence-corrected chi connectivity index (χ1v) is 8.73. The zero-order valence-corrected chi connectivity index (χ0v) is 14.3. The molecule has 0 saturated carbocycles. The SMILES string of the molecule is O=C(Cc1ccc([N+](=O)[O-])cc1)Sc1nc2cc3ccccc3cc2[nH]1. The van der Waals surface area contributed by atoms with E-state index in [4.69, 9.17) is 0 Å². The van der Waals surface area contributed by atoms with Gasteiger partial charge in [0.25, 0.3) is 5.69 Å². The zero-order valence-electron chi connectivity index (χ0n) is 13.5. The van der Waals surface area contributed by atoms with Gasteiger partial charge in [-0.2, -0.15) is 0 Å². The van der Waals surface area contributed by atoms with E-state index < -0.39 is 4.92 Å². The normalized spacial score (nSPS) is 11.1. The summed E-state index contributed by atoms with van der Waals surface area (Å²) in [5.41, 5.74) is 2.44. The number of imidazole rings is 1. The van der Waals surface area contributed by atoms with E-state index in [1.54, 1.807) is 12.1 Å². The number of aromatic amines is 1. The molecule has 0 fully saturated rings. The molecule has 0 radical (unpaired) electrons. The lowest BCUT2D eigenvalue weighted by atomic mass is 10.1. The van der Waals surface area contributed by atoms with E-state index in [1.165, 1.54) is 12.1 Å². The fourth-order valence-electron chi connectivity index (χ4n) is 2.77. The van der Waals surface area contributed by atoms with Crippen LogP contribution in [0.15, 0.2) is 65.8 Å². The van der Waals surface area contributed by atoms with Crippen LogP contribution in [0, 0.1) is 10.1 Å². The molecule has 0 spiro atoms. The predicted molar refractivity (Wildman–Crippen MR) is 101 cm³/mol. The van der Waals surface area contributed by atoms with E-state index in [1.807, 2.05) is 36.4 Å². The number of non-ortho nitro benzene ring substituents is 1. The summed E-state index contributed by atoms with van der Waals surface area (Å²) < 4.78 is 0. The quantitative estimate of drug-likeness (QED) is 0.328. The molecule has 7 heteroatoms. The number of nitrogens with one attached hydrogen (secondary N) is 1. The van der Waals surface area contributed by atoms with Crippen molar-refractivity contribution in [2.24, 2.45) is 0 Å². The average Bonchev–Trinajstić information content (AvgIpc) is 3.00. The number of carbonyl (C=O) groups is 1. The molecule has 0 amide bonds. The molecular weight excluding hydrogens is 350 g/mol. The highest BCUT2D eigenvalue weighted by atomic mass is 32.2. The smallest absolute Gasteiger partial charge is 0.269 e. The van der Waals surface area contributed by atoms with Crippen molar-refractivity contribution in [2.75, 3.05) is 0 Å². The Morgan fingerprint density at radius 3 is 2.46 bits per heavy atom. The van der Waals surface area contributed by atoms with Gasteiger partial charge in [0, 0.05) is 18.6 Å². The van der Waals surface area contributed by atoms with Crippen LogP contribution in [0.2, 0.25) is 0 Å². The molecule has 0 atom stereocenters. The Morgan fingerprint density at radius 1 is 1.08 bits per heavy atom. The van der Waals surface area contributed by atoms with Crippen LogP contribution in [0.4, 0.5) is 5.69 Å². The predicted octanol–water partition coefficient (Wildman–Crippen LogP) is 4.49. The van der Waals surface area contributed by atoms with E-state index in [2.05, 4.69) is 9.97 Å². The van der Waals surface area contributed by atoms with Crippen LogP contribution in [0.5, 0.6) is 0 Å². The Labute approximate surface area is 152 Å². The zero-order chi connectivity index (χ0) is 18.1. The number of thioether (sulfide) groups is 1. The number of nitro benzene ring substituents is 1. The molecule has 1 aromatic heterocycles. The van der Waals surface area contributed by atoms with E-state index in [0.717, 1.165) is 39.1 Å². The van der Waals surface area contributed by atoms with Crippen LogP contribution in [0.3, 0.4) is 0 Å². The molecule has 1 N–H and O–H groups in total. The van der Waals surface area contributed by atoms with Gasteiger partial charge in [-0.05, 0) is 40.2 Å². The fourth-order valence-corrected chi connectivity index (χ4v) is 3.53. The second-order valence-corrected chi connectivity index (χ2v) is 6.88. The van der Waals surface area contributed by atoms with Gasteiger partial charge in [0.1, 0.15) is 0 Å². The highest BCUT2D eigenvalue weighted by Crippen LogP contribution is 2.25. The number of fused-ring (bicyclic) bond motifs is 2. The highest BCUT2D eigenvalue weighted by Gasteiger charge is 2.12. The van der Waals surface area contributed by atoms with Crippen molar-refractivity contribution < 1.29 is 9.72 Å². The standard InChI is InChI=1S/C19H13N3O3S/c23-18(9-12-5-7-15(8-6-12)22(24)25)26-19-20-16-10-13-3-1-2-4-14(13)11-17(16)21-19/h1-8,10-11H,9H2,(H,20,21). The number of rotatable bonds is 4. The van der Waals surface area contributed by atoms with Gasteiger partial charge in [-0.3, -0.25) is 14.9 Å². The lowest BCUT2D eigenvalue weighted by Crippen LogP contribution is -1.98. The van der Waals surface area contributed by atoms with Crippen molar-refractivity contribution in [3.8, 4) is 0 Å². The summed E-state index contributed by atoms with van der Waals surface area (Å²) in [5.74, 6) is 0. The maximum atomic E-state index is 12.3. The number of hydrogen-bond donors (Lipinski definition) is 1. The van der Waals surface area contributed by atoms with Gasteiger partial charge in [0.15, 0.2) is 5.16 Å². The summed E-state index contributed by atoms with van der Waals surface area (Å²) in [6.45, 7) is 0. The van der Waals surface area contributed by atoms with Crippen LogP contribution in [0.25, 0.3) is 21.8 Å². The first-order valence-electron chi connectivity index (χ1n) is 7.91. The summed E-state index contributed by atoms with van der Waals surface area (Å²) in [6, 6.07) is 18.0. The molecule has 0 aliphatic rings. The van der Waals surface area contributed by atoms with Crippen LogP contribution in [-0.2, 0) is 11.2 Å². The van der Waals surface area contributed by atoms with Gasteiger partial charge < -0.3 is 4.98 Å². The Bertz CT molecular complexity index is 1080. The van der Waals surface area contributed by atoms with Gasteiger partial charge in [-0.15, -0.1) is 0 Å². The molecule has 128 valence electrons. The molecule has 4 rings (SSSR count). The lowest BCUT2D eigenvalue weighted by Gasteiger charge is -1.99. The highest BCUT2D eigenvalue weighted by molar-refractivity contribution is 8.13. The minimum atomic E-state index is -0.460. The van der Waals surface area contributed by atoms with Crippen molar-refractivity contribution in [1.82, 2.24) is 9.97 Å². The minimum absolute atomic E-state index is 0.0122. The van der Waals surface area contributed by atoms with E-state index in [0.29, 0.717) is 5.16 Å². The maximum Gasteiger partial charge on any atom is 0.269 e. The Kier molecular flexibility index (Phi) is 4.14. The molecule has 4 aromatic rings. The first-order chi connectivity index (χ1) is 12.6. The monoisotopic (exact) mass is 363 g/mol. The third-order valence-corrected chi connectivity index (χ3v) is 4.79. The maximum absolute atomic E-state index is 12.3. The van der Waals surface area contributed by atoms with Crippen molar-refractivity contribution in [2.45, 2.75) is 11.6 Å². The summed E-state index contributed by atoms with van der Waals surface area (Å²) in [7, 11) is 0. The molecule has 1 heterocycles. The second kappa shape index (κ2) is 6.61. The number of benzene rings is 3. The largest absolute Gasteiger partial charge is 0.333 e. The van der Waals surface area contributed by atoms with E-state index in [9.17, 15) is 14.9 Å². The molecule has 0 unspecified atom stereocenters. The van der Waals surface area contributed by atoms with E-state index in [-0.39, 0.29) is 17.2 Å². The third kappa shape index (κ3) is 3.29. The summed E-state index contributed by atoms with van der Waals surface area (Å²) >= 11 is 1.04.